The molecule has 0 atom stereocenters. The number of halogens is 4. The molecule has 108 valence electrons. The molecule has 4 nitrogen and oxygen atoms in total. The molecule has 1 rings (SSSR count). The van der Waals surface area contributed by atoms with Gasteiger partial charge in [-0.2, -0.15) is 13.2 Å². The van der Waals surface area contributed by atoms with Gasteiger partial charge in [-0.05, 0) is 25.1 Å². The number of nitrogens with one attached hydrogen (secondary N) is 1. The monoisotopic (exact) mass is 298 g/mol. The molecule has 19 heavy (non-hydrogen) atoms. The van der Waals surface area contributed by atoms with E-state index in [0.29, 0.717) is 0 Å². The molecule has 1 aromatic carbocycles. The SMILES string of the molecule is CCOc1ccc(C(F)(F)F)cc1NC(=O)CN.Cl. The Hall–Kier alpha value is -1.47. The molecule has 0 fully saturated rings. The molecule has 3 N–H and O–H groups in total. The quantitative estimate of drug-likeness (QED) is 0.897. The van der Waals surface area contributed by atoms with Crippen LogP contribution in [0.1, 0.15) is 12.5 Å². The summed E-state index contributed by atoms with van der Waals surface area (Å²) in [6.45, 7) is 1.64. The standard InChI is InChI=1S/C11H13F3N2O2.ClH/c1-2-18-9-4-3-7(11(12,13)14)5-8(9)16-10(17)6-15;/h3-5H,2,6,15H2,1H3,(H,16,17);1H. The Morgan fingerprint density at radius 2 is 2.05 bits per heavy atom. The third kappa shape index (κ3) is 4.96. The second kappa shape index (κ2) is 7.20. The van der Waals surface area contributed by atoms with Crippen molar-refractivity contribution in [2.75, 3.05) is 18.5 Å². The normalized spacial score (nSPS) is 10.6. The van der Waals surface area contributed by atoms with Crippen LogP contribution >= 0.6 is 12.4 Å². The third-order valence-corrected chi connectivity index (χ3v) is 2.07. The van der Waals surface area contributed by atoms with Crippen LogP contribution in [0.4, 0.5) is 18.9 Å². The molecule has 0 saturated heterocycles. The van der Waals surface area contributed by atoms with Crippen LogP contribution in [0.25, 0.3) is 0 Å². The van der Waals surface area contributed by atoms with Crippen molar-refractivity contribution in [2.24, 2.45) is 5.73 Å². The van der Waals surface area contributed by atoms with Crippen molar-refractivity contribution in [2.45, 2.75) is 13.1 Å². The van der Waals surface area contributed by atoms with E-state index in [1.807, 2.05) is 0 Å². The minimum atomic E-state index is -4.48. The van der Waals surface area contributed by atoms with Gasteiger partial charge >= 0.3 is 6.18 Å². The third-order valence-electron chi connectivity index (χ3n) is 2.07. The Kier molecular flexibility index (Phi) is 6.64. The molecule has 0 aliphatic carbocycles. The van der Waals surface area contributed by atoms with E-state index in [0.717, 1.165) is 12.1 Å². The van der Waals surface area contributed by atoms with E-state index in [9.17, 15) is 18.0 Å². The highest BCUT2D eigenvalue weighted by atomic mass is 35.5. The first-order chi connectivity index (χ1) is 8.38. The molecule has 0 bridgehead atoms. The fourth-order valence-corrected chi connectivity index (χ4v) is 1.29. The highest BCUT2D eigenvalue weighted by molar-refractivity contribution is 5.93. The molecule has 0 aromatic heterocycles. The molecule has 0 saturated carbocycles. The van der Waals surface area contributed by atoms with Gasteiger partial charge in [0.1, 0.15) is 5.75 Å². The van der Waals surface area contributed by atoms with Crippen molar-refractivity contribution in [1.29, 1.82) is 0 Å². The average molecular weight is 299 g/mol. The lowest BCUT2D eigenvalue weighted by Gasteiger charge is -2.14. The van der Waals surface area contributed by atoms with Gasteiger partial charge in [0.15, 0.2) is 0 Å². The van der Waals surface area contributed by atoms with E-state index in [4.69, 9.17) is 10.5 Å². The summed E-state index contributed by atoms with van der Waals surface area (Å²) in [6.07, 6.45) is -4.48. The molecule has 0 spiro atoms. The van der Waals surface area contributed by atoms with Gasteiger partial charge in [0, 0.05) is 0 Å². The number of ether oxygens (including phenoxy) is 1. The number of nitrogens with two attached hydrogens (primary N) is 1. The summed E-state index contributed by atoms with van der Waals surface area (Å²) in [5.41, 5.74) is 4.19. The lowest BCUT2D eigenvalue weighted by atomic mass is 10.1. The van der Waals surface area contributed by atoms with Crippen molar-refractivity contribution >= 4 is 24.0 Å². The smallest absolute Gasteiger partial charge is 0.416 e. The van der Waals surface area contributed by atoms with Crippen LogP contribution < -0.4 is 15.8 Å². The fourth-order valence-electron chi connectivity index (χ4n) is 1.29. The first-order valence-corrected chi connectivity index (χ1v) is 5.22. The molecule has 0 aliphatic rings. The summed E-state index contributed by atoms with van der Waals surface area (Å²) in [7, 11) is 0. The Morgan fingerprint density at radius 1 is 1.42 bits per heavy atom. The Morgan fingerprint density at radius 3 is 2.53 bits per heavy atom. The van der Waals surface area contributed by atoms with Crippen molar-refractivity contribution < 1.29 is 22.7 Å². The second-order valence-corrected chi connectivity index (χ2v) is 3.39. The molecule has 1 amide bonds. The molecule has 0 aliphatic heterocycles. The van der Waals surface area contributed by atoms with E-state index >= 15 is 0 Å². The molecule has 8 heteroatoms. The maximum Gasteiger partial charge on any atom is 0.416 e. The van der Waals surface area contributed by atoms with Crippen molar-refractivity contribution in [3.8, 4) is 5.75 Å². The lowest BCUT2D eigenvalue weighted by molar-refractivity contribution is -0.137. The maximum atomic E-state index is 12.5. The molecule has 1 aromatic rings. The zero-order valence-electron chi connectivity index (χ0n) is 10.1. The number of benzene rings is 1. The number of carbonyl (C=O) groups is 1. The molecular formula is C11H14ClF3N2O2. The van der Waals surface area contributed by atoms with E-state index in [1.54, 1.807) is 6.92 Å². The first kappa shape index (κ1) is 17.5. The molecule has 0 radical (unpaired) electrons. The predicted octanol–water partition coefficient (Wildman–Crippen LogP) is 2.42. The number of hydrogen-bond acceptors (Lipinski definition) is 3. The number of anilines is 1. The lowest BCUT2D eigenvalue weighted by Crippen LogP contribution is -2.22. The summed E-state index contributed by atoms with van der Waals surface area (Å²) in [5.74, 6) is -0.414. The minimum Gasteiger partial charge on any atom is -0.492 e. The number of carbonyl (C=O) groups excluding carboxylic acids is 1. The van der Waals surface area contributed by atoms with Crippen LogP contribution in [0, 0.1) is 0 Å². The van der Waals surface area contributed by atoms with Gasteiger partial charge in [0.2, 0.25) is 5.91 Å². The van der Waals surface area contributed by atoms with Gasteiger partial charge in [0.05, 0.1) is 24.4 Å². The van der Waals surface area contributed by atoms with E-state index in [2.05, 4.69) is 5.32 Å². The highest BCUT2D eigenvalue weighted by Crippen LogP contribution is 2.34. The predicted molar refractivity (Wildman–Crippen MR) is 67.5 cm³/mol. The zero-order chi connectivity index (χ0) is 13.8. The fraction of sp³-hybridized carbons (Fsp3) is 0.364. The van der Waals surface area contributed by atoms with Gasteiger partial charge in [-0.25, -0.2) is 0 Å². The van der Waals surface area contributed by atoms with Crippen LogP contribution in [-0.2, 0) is 11.0 Å². The van der Waals surface area contributed by atoms with Gasteiger partial charge < -0.3 is 15.8 Å². The van der Waals surface area contributed by atoms with Crippen LogP contribution in [0.15, 0.2) is 18.2 Å². The van der Waals surface area contributed by atoms with E-state index < -0.39 is 17.6 Å². The highest BCUT2D eigenvalue weighted by Gasteiger charge is 2.31. The number of rotatable bonds is 4. The van der Waals surface area contributed by atoms with Gasteiger partial charge in [-0.15, -0.1) is 12.4 Å². The maximum absolute atomic E-state index is 12.5. The van der Waals surface area contributed by atoms with Crippen LogP contribution in [-0.4, -0.2) is 19.1 Å². The number of alkyl halides is 3. The molecule has 0 heterocycles. The van der Waals surface area contributed by atoms with E-state index in [1.165, 1.54) is 6.07 Å². The average Bonchev–Trinajstić information content (AvgIpc) is 2.30. The zero-order valence-corrected chi connectivity index (χ0v) is 10.9. The number of hydrogen-bond donors (Lipinski definition) is 2. The number of amides is 1. The van der Waals surface area contributed by atoms with Gasteiger partial charge in [-0.3, -0.25) is 4.79 Å². The minimum absolute atomic E-state index is 0. The Bertz CT molecular complexity index is 438. The summed E-state index contributed by atoms with van der Waals surface area (Å²) >= 11 is 0. The van der Waals surface area contributed by atoms with Gasteiger partial charge in [0.25, 0.3) is 0 Å². The summed E-state index contributed by atoms with van der Waals surface area (Å²) in [4.78, 5) is 11.1. The summed E-state index contributed by atoms with van der Waals surface area (Å²) < 4.78 is 42.7. The van der Waals surface area contributed by atoms with Crippen molar-refractivity contribution in [3.63, 3.8) is 0 Å². The molecule has 0 unspecified atom stereocenters. The topological polar surface area (TPSA) is 64.3 Å². The second-order valence-electron chi connectivity index (χ2n) is 3.39. The van der Waals surface area contributed by atoms with Crippen LogP contribution in [0.3, 0.4) is 0 Å². The van der Waals surface area contributed by atoms with Crippen LogP contribution in [0.2, 0.25) is 0 Å². The van der Waals surface area contributed by atoms with E-state index in [-0.39, 0.29) is 37.0 Å². The Labute approximate surface area is 114 Å². The largest absolute Gasteiger partial charge is 0.492 e. The molecular weight excluding hydrogens is 285 g/mol. The first-order valence-electron chi connectivity index (χ1n) is 5.22. The van der Waals surface area contributed by atoms with Crippen LogP contribution in [0.5, 0.6) is 5.75 Å². The summed E-state index contributed by atoms with van der Waals surface area (Å²) in [6, 6.07) is 2.88. The van der Waals surface area contributed by atoms with Crippen molar-refractivity contribution in [3.05, 3.63) is 23.8 Å². The van der Waals surface area contributed by atoms with Crippen molar-refractivity contribution in [1.82, 2.24) is 0 Å². The Balaban J connectivity index is 0.00000324. The summed E-state index contributed by atoms with van der Waals surface area (Å²) in [5, 5.41) is 2.27. The van der Waals surface area contributed by atoms with Gasteiger partial charge in [-0.1, -0.05) is 0 Å².